The highest BCUT2D eigenvalue weighted by atomic mass is 16.5. The molecule has 3 aromatic rings. The summed E-state index contributed by atoms with van der Waals surface area (Å²) in [5, 5.41) is 4.79. The van der Waals surface area contributed by atoms with Gasteiger partial charge in [0.2, 0.25) is 11.8 Å². The van der Waals surface area contributed by atoms with Crippen LogP contribution in [-0.2, 0) is 19.1 Å². The van der Waals surface area contributed by atoms with Crippen molar-refractivity contribution in [1.29, 1.82) is 0 Å². The van der Waals surface area contributed by atoms with E-state index >= 15 is 0 Å². The number of carbonyl (C=O) groups is 4. The van der Waals surface area contributed by atoms with Crippen LogP contribution in [0.4, 0.5) is 11.4 Å². The molecule has 0 saturated carbocycles. The van der Waals surface area contributed by atoms with Gasteiger partial charge in [-0.05, 0) is 54.1 Å². The van der Waals surface area contributed by atoms with Crippen molar-refractivity contribution in [3.8, 4) is 0 Å². The molecule has 7 nitrogen and oxygen atoms in total. The number of benzene rings is 3. The van der Waals surface area contributed by atoms with Crippen molar-refractivity contribution in [3.05, 3.63) is 72.3 Å². The Kier molecular flexibility index (Phi) is 5.49. The standard InChI is InChI=1S/C24H20N2O5/c1-15(23(29)25-19-9-6-16-4-2-3-5-18(16)14-19)31-24(30)17-7-10-20(11-8-17)26-21(27)12-13-22(26)28/h2-11,14-15H,12-13H2,1H3,(H,25,29)/t15-/m0/s1. The van der Waals surface area contributed by atoms with Gasteiger partial charge in [0.15, 0.2) is 6.10 Å². The maximum absolute atomic E-state index is 12.4. The van der Waals surface area contributed by atoms with Crippen LogP contribution in [0.15, 0.2) is 66.7 Å². The molecule has 0 unspecified atom stereocenters. The number of nitrogens with one attached hydrogen (secondary N) is 1. The molecule has 156 valence electrons. The van der Waals surface area contributed by atoms with Crippen LogP contribution in [0, 0.1) is 0 Å². The first-order chi connectivity index (χ1) is 14.9. The molecule has 1 aliphatic heterocycles. The van der Waals surface area contributed by atoms with E-state index in [9.17, 15) is 19.2 Å². The molecule has 0 radical (unpaired) electrons. The highest BCUT2D eigenvalue weighted by Crippen LogP contribution is 2.23. The highest BCUT2D eigenvalue weighted by Gasteiger charge is 2.30. The van der Waals surface area contributed by atoms with E-state index in [1.165, 1.54) is 31.2 Å². The second-order valence-corrected chi connectivity index (χ2v) is 7.27. The lowest BCUT2D eigenvalue weighted by Crippen LogP contribution is -2.30. The minimum atomic E-state index is -1.01. The molecule has 31 heavy (non-hydrogen) atoms. The SMILES string of the molecule is C[C@H](OC(=O)c1ccc(N2C(=O)CCC2=O)cc1)C(=O)Nc1ccc2ccccc2c1. The van der Waals surface area contributed by atoms with Gasteiger partial charge < -0.3 is 10.1 Å². The third-order valence-electron chi connectivity index (χ3n) is 5.08. The molecule has 1 fully saturated rings. The van der Waals surface area contributed by atoms with Crippen molar-refractivity contribution >= 4 is 45.8 Å². The van der Waals surface area contributed by atoms with Gasteiger partial charge >= 0.3 is 5.97 Å². The van der Waals surface area contributed by atoms with E-state index in [1.54, 1.807) is 6.07 Å². The monoisotopic (exact) mass is 416 g/mol. The number of imide groups is 1. The third-order valence-corrected chi connectivity index (χ3v) is 5.08. The minimum Gasteiger partial charge on any atom is -0.449 e. The number of anilines is 2. The largest absolute Gasteiger partial charge is 0.449 e. The average Bonchev–Trinajstić information content (AvgIpc) is 3.11. The number of hydrogen-bond donors (Lipinski definition) is 1. The highest BCUT2D eigenvalue weighted by molar-refractivity contribution is 6.19. The number of ether oxygens (including phenoxy) is 1. The maximum Gasteiger partial charge on any atom is 0.338 e. The fourth-order valence-electron chi connectivity index (χ4n) is 3.40. The van der Waals surface area contributed by atoms with Gasteiger partial charge in [-0.1, -0.05) is 30.3 Å². The maximum atomic E-state index is 12.4. The molecular formula is C24H20N2O5. The summed E-state index contributed by atoms with van der Waals surface area (Å²) in [7, 11) is 0. The van der Waals surface area contributed by atoms with E-state index in [0.717, 1.165) is 15.7 Å². The zero-order valence-electron chi connectivity index (χ0n) is 16.8. The molecule has 0 aliphatic carbocycles. The molecule has 1 atom stereocenters. The quantitative estimate of drug-likeness (QED) is 0.506. The molecule has 0 bridgehead atoms. The fraction of sp³-hybridized carbons (Fsp3) is 0.167. The van der Waals surface area contributed by atoms with Gasteiger partial charge in [0.05, 0.1) is 11.3 Å². The number of rotatable bonds is 5. The Morgan fingerprint density at radius 3 is 2.23 bits per heavy atom. The Morgan fingerprint density at radius 2 is 1.55 bits per heavy atom. The van der Waals surface area contributed by atoms with Crippen LogP contribution < -0.4 is 10.2 Å². The molecule has 0 spiro atoms. The normalized spacial score (nSPS) is 14.5. The van der Waals surface area contributed by atoms with Gasteiger partial charge in [-0.3, -0.25) is 19.3 Å². The Labute approximate surface area is 178 Å². The Bertz CT molecular complexity index is 1170. The molecule has 1 heterocycles. The number of hydrogen-bond acceptors (Lipinski definition) is 5. The molecule has 0 aromatic heterocycles. The van der Waals surface area contributed by atoms with Crippen LogP contribution in [-0.4, -0.2) is 29.8 Å². The number of carbonyl (C=O) groups excluding carboxylic acids is 4. The summed E-state index contributed by atoms with van der Waals surface area (Å²) >= 11 is 0. The predicted octanol–water partition coefficient (Wildman–Crippen LogP) is 3.68. The van der Waals surface area contributed by atoms with Crippen LogP contribution >= 0.6 is 0 Å². The van der Waals surface area contributed by atoms with Gasteiger partial charge in [-0.25, -0.2) is 4.79 Å². The Hall–Kier alpha value is -4.00. The molecule has 7 heteroatoms. The molecule has 4 rings (SSSR count). The van der Waals surface area contributed by atoms with Gasteiger partial charge in [-0.15, -0.1) is 0 Å². The van der Waals surface area contributed by atoms with Crippen molar-refractivity contribution in [1.82, 2.24) is 0 Å². The van der Waals surface area contributed by atoms with E-state index in [-0.39, 0.29) is 30.2 Å². The van der Waals surface area contributed by atoms with Crippen molar-refractivity contribution in [3.63, 3.8) is 0 Å². The first-order valence-electron chi connectivity index (χ1n) is 9.89. The fourth-order valence-corrected chi connectivity index (χ4v) is 3.40. The summed E-state index contributed by atoms with van der Waals surface area (Å²) in [4.78, 5) is 49.6. The number of esters is 1. The van der Waals surface area contributed by atoms with E-state index in [1.807, 2.05) is 36.4 Å². The second-order valence-electron chi connectivity index (χ2n) is 7.27. The van der Waals surface area contributed by atoms with Gasteiger partial charge in [0.25, 0.3) is 5.91 Å². The summed E-state index contributed by atoms with van der Waals surface area (Å²) in [6.45, 7) is 1.49. The van der Waals surface area contributed by atoms with Crippen molar-refractivity contribution in [2.45, 2.75) is 25.9 Å². The molecule has 3 amide bonds. The van der Waals surface area contributed by atoms with E-state index < -0.39 is 18.0 Å². The average molecular weight is 416 g/mol. The van der Waals surface area contributed by atoms with Crippen molar-refractivity contribution in [2.75, 3.05) is 10.2 Å². The molecule has 1 aliphatic rings. The molecular weight excluding hydrogens is 396 g/mol. The Morgan fingerprint density at radius 1 is 0.903 bits per heavy atom. The minimum absolute atomic E-state index is 0.187. The van der Waals surface area contributed by atoms with Crippen LogP contribution in [0.25, 0.3) is 10.8 Å². The molecule has 3 aromatic carbocycles. The molecule has 1 saturated heterocycles. The summed E-state index contributed by atoms with van der Waals surface area (Å²) in [5.41, 5.74) is 1.23. The van der Waals surface area contributed by atoms with Crippen LogP contribution in [0.2, 0.25) is 0 Å². The first-order valence-corrected chi connectivity index (χ1v) is 9.89. The smallest absolute Gasteiger partial charge is 0.338 e. The van der Waals surface area contributed by atoms with Crippen LogP contribution in [0.3, 0.4) is 0 Å². The van der Waals surface area contributed by atoms with E-state index in [0.29, 0.717) is 11.4 Å². The van der Waals surface area contributed by atoms with Gasteiger partial charge in [0.1, 0.15) is 0 Å². The summed E-state index contributed by atoms with van der Waals surface area (Å²) in [6, 6.07) is 19.3. The van der Waals surface area contributed by atoms with E-state index in [4.69, 9.17) is 4.74 Å². The lowest BCUT2D eigenvalue weighted by molar-refractivity contribution is -0.124. The van der Waals surface area contributed by atoms with Crippen LogP contribution in [0.1, 0.15) is 30.1 Å². The first kappa shape index (κ1) is 20.3. The summed E-state index contributed by atoms with van der Waals surface area (Å²) < 4.78 is 5.27. The predicted molar refractivity (Wildman–Crippen MR) is 116 cm³/mol. The zero-order valence-corrected chi connectivity index (χ0v) is 16.8. The molecule has 1 N–H and O–H groups in total. The van der Waals surface area contributed by atoms with Gasteiger partial charge in [-0.2, -0.15) is 0 Å². The van der Waals surface area contributed by atoms with Crippen molar-refractivity contribution < 1.29 is 23.9 Å². The van der Waals surface area contributed by atoms with E-state index in [2.05, 4.69) is 5.32 Å². The summed E-state index contributed by atoms with van der Waals surface area (Å²) in [6.07, 6.45) is -0.640. The number of fused-ring (bicyclic) bond motifs is 1. The third kappa shape index (κ3) is 4.30. The zero-order chi connectivity index (χ0) is 22.0. The van der Waals surface area contributed by atoms with Crippen LogP contribution in [0.5, 0.6) is 0 Å². The lowest BCUT2D eigenvalue weighted by atomic mass is 10.1. The number of amides is 3. The Balaban J connectivity index is 1.38. The van der Waals surface area contributed by atoms with Crippen molar-refractivity contribution in [2.24, 2.45) is 0 Å². The topological polar surface area (TPSA) is 92.8 Å². The van der Waals surface area contributed by atoms with Gasteiger partial charge in [0, 0.05) is 18.5 Å². The lowest BCUT2D eigenvalue weighted by Gasteiger charge is -2.15. The number of nitrogens with zero attached hydrogens (tertiary/aromatic N) is 1. The second kappa shape index (κ2) is 8.39. The summed E-state index contributed by atoms with van der Waals surface area (Å²) in [5.74, 6) is -1.65.